The Kier molecular flexibility index (Phi) is 10.2. The van der Waals surface area contributed by atoms with Gasteiger partial charge in [-0.25, -0.2) is 0 Å². The maximum Gasteiger partial charge on any atom is 0.0991 e. The molecule has 0 atom stereocenters. The molecule has 0 spiro atoms. The zero-order chi connectivity index (χ0) is 27.5. The van der Waals surface area contributed by atoms with Gasteiger partial charge in [0.15, 0.2) is 0 Å². The molecule has 0 heterocycles. The molecule has 0 aliphatic carbocycles. The third-order valence-electron chi connectivity index (χ3n) is 5.96. The van der Waals surface area contributed by atoms with E-state index >= 15 is 0 Å². The molecular formula is C33H33N3OS. The van der Waals surface area contributed by atoms with Crippen LogP contribution in [0.5, 0.6) is 0 Å². The van der Waals surface area contributed by atoms with Crippen molar-refractivity contribution < 1.29 is 5.11 Å². The molecule has 0 fully saturated rings. The van der Waals surface area contributed by atoms with E-state index in [2.05, 4.69) is 72.3 Å². The molecule has 0 aliphatic heterocycles. The summed E-state index contributed by atoms with van der Waals surface area (Å²) in [6.07, 6.45) is 2.31. The molecule has 3 rings (SSSR count). The number of hydrogen-bond donors (Lipinski definition) is 2. The van der Waals surface area contributed by atoms with Crippen molar-refractivity contribution in [3.63, 3.8) is 0 Å². The molecule has 0 radical (unpaired) electrons. The van der Waals surface area contributed by atoms with E-state index in [4.69, 9.17) is 0 Å². The zero-order valence-electron chi connectivity index (χ0n) is 21.8. The van der Waals surface area contributed by atoms with Gasteiger partial charge in [-0.15, -0.1) is 0 Å². The number of nitriles is 1. The van der Waals surface area contributed by atoms with Crippen LogP contribution >= 0.6 is 11.8 Å². The maximum absolute atomic E-state index is 9.27. The van der Waals surface area contributed by atoms with Crippen molar-refractivity contribution in [1.29, 1.82) is 5.26 Å². The van der Waals surface area contributed by atoms with E-state index in [1.807, 2.05) is 55.5 Å². The Balaban J connectivity index is 1.78. The lowest BCUT2D eigenvalue weighted by Crippen LogP contribution is -2.19. The van der Waals surface area contributed by atoms with Gasteiger partial charge in [0.25, 0.3) is 0 Å². The van der Waals surface area contributed by atoms with Crippen LogP contribution in [-0.4, -0.2) is 11.7 Å². The Labute approximate surface area is 230 Å². The highest BCUT2D eigenvalue weighted by Gasteiger charge is 2.12. The summed E-state index contributed by atoms with van der Waals surface area (Å²) < 4.78 is 0. The largest absolute Gasteiger partial charge is 0.513 e. The van der Waals surface area contributed by atoms with E-state index < -0.39 is 0 Å². The fourth-order valence-electron chi connectivity index (χ4n) is 3.69. The summed E-state index contributed by atoms with van der Waals surface area (Å²) in [7, 11) is 0. The van der Waals surface area contributed by atoms with Crippen molar-refractivity contribution in [2.45, 2.75) is 19.9 Å². The lowest BCUT2D eigenvalue weighted by molar-refractivity contribution is 0.391. The smallest absolute Gasteiger partial charge is 0.0991 e. The summed E-state index contributed by atoms with van der Waals surface area (Å²) in [5.41, 5.74) is 7.73. The first kappa shape index (κ1) is 28.2. The van der Waals surface area contributed by atoms with Crippen LogP contribution in [0.4, 0.5) is 5.69 Å². The molecule has 0 aromatic heterocycles. The number of anilines is 1. The van der Waals surface area contributed by atoms with Gasteiger partial charge in [-0.05, 0) is 64.4 Å². The molecule has 2 N–H and O–H groups in total. The molecule has 192 valence electrons. The number of allylic oxidation sites excluding steroid dienone is 1. The topological polar surface area (TPSA) is 59.3 Å². The van der Waals surface area contributed by atoms with Crippen molar-refractivity contribution >= 4 is 34.8 Å². The van der Waals surface area contributed by atoms with Gasteiger partial charge in [-0.3, -0.25) is 0 Å². The quantitative estimate of drug-likeness (QED) is 0.222. The fraction of sp³-hybridized carbons (Fsp3) is 0.121. The SMILES string of the molecule is C=Cc1ccc(N(Cc2ccc(C(=C)NCCC(=C)O)cc2)C(=C)S/C=C(\C)c2cccc(C#N)c2)cc1. The van der Waals surface area contributed by atoms with E-state index in [1.54, 1.807) is 17.8 Å². The van der Waals surface area contributed by atoms with Crippen LogP contribution < -0.4 is 10.2 Å². The second-order valence-corrected chi connectivity index (χ2v) is 9.75. The number of aliphatic hydroxyl groups excluding tert-OH is 1. The van der Waals surface area contributed by atoms with Gasteiger partial charge in [-0.2, -0.15) is 5.26 Å². The normalized spacial score (nSPS) is 10.8. The number of thioether (sulfide) groups is 1. The minimum absolute atomic E-state index is 0.153. The molecule has 0 aliphatic rings. The van der Waals surface area contributed by atoms with Crippen LogP contribution in [0, 0.1) is 11.3 Å². The number of nitrogens with zero attached hydrogens (tertiary/aromatic N) is 2. The van der Waals surface area contributed by atoms with Crippen LogP contribution in [0.15, 0.2) is 115 Å². The van der Waals surface area contributed by atoms with Crippen LogP contribution in [0.25, 0.3) is 17.3 Å². The highest BCUT2D eigenvalue weighted by molar-refractivity contribution is 8.06. The first-order valence-electron chi connectivity index (χ1n) is 12.2. The van der Waals surface area contributed by atoms with Gasteiger partial charge in [0, 0.05) is 30.9 Å². The first-order chi connectivity index (χ1) is 18.3. The summed E-state index contributed by atoms with van der Waals surface area (Å²) in [6, 6.07) is 26.3. The Morgan fingerprint density at radius 2 is 1.74 bits per heavy atom. The average Bonchev–Trinajstić information content (AvgIpc) is 2.94. The maximum atomic E-state index is 9.27. The third kappa shape index (κ3) is 8.06. The van der Waals surface area contributed by atoms with Crippen LogP contribution in [0.2, 0.25) is 0 Å². The van der Waals surface area contributed by atoms with Gasteiger partial charge in [0.1, 0.15) is 0 Å². The standard InChI is InChI=1S/C33H33N3OS/c1-6-28-12-16-33(17-13-28)36(27(5)38-23-24(2)32-9-7-8-30(20-32)21-34)22-29-10-14-31(15-11-29)26(4)35-19-18-25(3)37/h6-17,20,23,35,37H,1,3-5,18-19,22H2,2H3/b24-23+. The van der Waals surface area contributed by atoms with Gasteiger partial charge in [-0.1, -0.05) is 92.7 Å². The second kappa shape index (κ2) is 13.8. The summed E-state index contributed by atoms with van der Waals surface area (Å²) >= 11 is 1.56. The van der Waals surface area contributed by atoms with Gasteiger partial charge < -0.3 is 15.3 Å². The molecule has 0 unspecified atom stereocenters. The van der Waals surface area contributed by atoms with Crippen LogP contribution in [-0.2, 0) is 6.54 Å². The van der Waals surface area contributed by atoms with E-state index in [0.29, 0.717) is 25.1 Å². The van der Waals surface area contributed by atoms with E-state index in [1.165, 1.54) is 0 Å². The van der Waals surface area contributed by atoms with Crippen molar-refractivity contribution in [2.24, 2.45) is 0 Å². The Morgan fingerprint density at radius 3 is 2.37 bits per heavy atom. The molecule has 38 heavy (non-hydrogen) atoms. The summed E-state index contributed by atoms with van der Waals surface area (Å²) in [6.45, 7) is 19.1. The van der Waals surface area contributed by atoms with Crippen molar-refractivity contribution in [1.82, 2.24) is 5.32 Å². The Morgan fingerprint density at radius 1 is 1.03 bits per heavy atom. The van der Waals surface area contributed by atoms with Crippen LogP contribution in [0.1, 0.15) is 41.2 Å². The fourth-order valence-corrected chi connectivity index (χ4v) is 4.44. The number of benzene rings is 3. The van der Waals surface area contributed by atoms with Crippen LogP contribution in [0.3, 0.4) is 0 Å². The van der Waals surface area contributed by atoms with Crippen molar-refractivity contribution in [3.8, 4) is 6.07 Å². The van der Waals surface area contributed by atoms with Gasteiger partial charge in [0.2, 0.25) is 0 Å². The predicted octanol–water partition coefficient (Wildman–Crippen LogP) is 8.50. The first-order valence-corrected chi connectivity index (χ1v) is 13.1. The summed E-state index contributed by atoms with van der Waals surface area (Å²) in [5.74, 6) is 0.153. The second-order valence-electron chi connectivity index (χ2n) is 8.81. The molecule has 0 bridgehead atoms. The number of aliphatic hydroxyl groups is 1. The van der Waals surface area contributed by atoms with E-state index in [9.17, 15) is 10.4 Å². The highest BCUT2D eigenvalue weighted by atomic mass is 32.2. The van der Waals surface area contributed by atoms with E-state index in [-0.39, 0.29) is 5.76 Å². The lowest BCUT2D eigenvalue weighted by atomic mass is 10.1. The number of hydrogen-bond acceptors (Lipinski definition) is 5. The number of nitrogens with one attached hydrogen (secondary N) is 1. The third-order valence-corrected chi connectivity index (χ3v) is 6.92. The van der Waals surface area contributed by atoms with Crippen molar-refractivity contribution in [2.75, 3.05) is 11.4 Å². The molecule has 0 saturated heterocycles. The molecule has 0 amide bonds. The summed E-state index contributed by atoms with van der Waals surface area (Å²) in [4.78, 5) is 2.18. The Hall–Kier alpha value is -4.40. The molecular weight excluding hydrogens is 486 g/mol. The molecule has 3 aromatic rings. The molecule has 4 nitrogen and oxygen atoms in total. The highest BCUT2D eigenvalue weighted by Crippen LogP contribution is 2.31. The molecule has 3 aromatic carbocycles. The number of rotatable bonds is 13. The summed E-state index contributed by atoms with van der Waals surface area (Å²) in [5, 5.41) is 24.7. The predicted molar refractivity (Wildman–Crippen MR) is 164 cm³/mol. The monoisotopic (exact) mass is 519 g/mol. The zero-order valence-corrected chi connectivity index (χ0v) is 22.6. The molecule has 5 heteroatoms. The minimum Gasteiger partial charge on any atom is -0.513 e. The van der Waals surface area contributed by atoms with Gasteiger partial charge >= 0.3 is 0 Å². The lowest BCUT2D eigenvalue weighted by Gasteiger charge is -2.26. The minimum atomic E-state index is 0.153. The Bertz CT molecular complexity index is 1380. The van der Waals surface area contributed by atoms with Gasteiger partial charge in [0.05, 0.1) is 22.4 Å². The molecule has 0 saturated carbocycles. The average molecular weight is 520 g/mol. The van der Waals surface area contributed by atoms with E-state index in [0.717, 1.165) is 44.2 Å². The van der Waals surface area contributed by atoms with Crippen molar-refractivity contribution in [3.05, 3.63) is 143 Å².